The van der Waals surface area contributed by atoms with Gasteiger partial charge in [-0.3, -0.25) is 9.36 Å². The Morgan fingerprint density at radius 3 is 2.61 bits per heavy atom. The number of aryl methyl sites for hydroxylation is 1. The molecule has 0 bridgehead atoms. The zero-order chi connectivity index (χ0) is 21.4. The van der Waals surface area contributed by atoms with Crippen LogP contribution in [0.4, 0.5) is 0 Å². The smallest absolute Gasteiger partial charge is 0.253 e. The Hall–Kier alpha value is -2.44. The van der Waals surface area contributed by atoms with Crippen LogP contribution in [0.2, 0.25) is 5.02 Å². The molecule has 0 aliphatic carbocycles. The van der Waals surface area contributed by atoms with E-state index in [1.807, 2.05) is 40.7 Å². The van der Waals surface area contributed by atoms with Gasteiger partial charge in [0.25, 0.3) is 5.91 Å². The van der Waals surface area contributed by atoms with Crippen LogP contribution in [-0.2, 0) is 0 Å². The number of imidazole rings is 1. The number of hydrogen-bond donors (Lipinski definition) is 0. The molecule has 0 unspecified atom stereocenters. The molecule has 7 heteroatoms. The van der Waals surface area contributed by atoms with Crippen molar-refractivity contribution >= 4 is 28.7 Å². The Kier molecular flexibility index (Phi) is 5.67. The van der Waals surface area contributed by atoms with E-state index in [9.17, 15) is 4.79 Å². The van der Waals surface area contributed by atoms with E-state index in [1.165, 1.54) is 32.4 Å². The number of halogens is 1. The molecule has 1 aromatic carbocycles. The van der Waals surface area contributed by atoms with Crippen molar-refractivity contribution in [2.24, 2.45) is 0 Å². The maximum Gasteiger partial charge on any atom is 0.253 e. The molecule has 1 amide bonds. The van der Waals surface area contributed by atoms with Gasteiger partial charge in [0.2, 0.25) is 0 Å². The third-order valence-corrected chi connectivity index (χ3v) is 7.00. The van der Waals surface area contributed by atoms with E-state index in [0.717, 1.165) is 48.6 Å². The van der Waals surface area contributed by atoms with Crippen molar-refractivity contribution < 1.29 is 4.79 Å². The van der Waals surface area contributed by atoms with Crippen molar-refractivity contribution in [3.8, 4) is 5.69 Å². The molecule has 0 N–H and O–H groups in total. The predicted molar refractivity (Wildman–Crippen MR) is 123 cm³/mol. The Morgan fingerprint density at radius 2 is 1.84 bits per heavy atom. The topological polar surface area (TPSA) is 54.3 Å². The first kappa shape index (κ1) is 20.5. The number of likely N-dealkylation sites (tertiary alicyclic amines) is 2. The largest absolute Gasteiger partial charge is 0.339 e. The van der Waals surface area contributed by atoms with Crippen LogP contribution in [0, 0.1) is 6.92 Å². The Bertz CT molecular complexity index is 1100. The van der Waals surface area contributed by atoms with E-state index >= 15 is 0 Å². The third-order valence-electron chi connectivity index (χ3n) is 6.68. The number of hydrogen-bond acceptors (Lipinski definition) is 4. The number of nitrogens with zero attached hydrogens (tertiary/aromatic N) is 5. The number of amides is 1. The minimum absolute atomic E-state index is 0.0741. The number of rotatable bonds is 3. The highest BCUT2D eigenvalue weighted by atomic mass is 35.5. The summed E-state index contributed by atoms with van der Waals surface area (Å²) in [6.45, 7) is 5.98. The van der Waals surface area contributed by atoms with Crippen LogP contribution >= 0.6 is 11.6 Å². The SMILES string of the molecule is Cc1nc2cccnc2n1-c1cc(C(=O)N2CCC(N3CCCCC3)CC2)ccc1Cl. The van der Waals surface area contributed by atoms with E-state index in [-0.39, 0.29) is 5.91 Å². The van der Waals surface area contributed by atoms with Crippen LogP contribution in [-0.4, -0.2) is 62.5 Å². The molecule has 0 spiro atoms. The normalized spacial score (nSPS) is 18.6. The monoisotopic (exact) mass is 437 g/mol. The minimum Gasteiger partial charge on any atom is -0.339 e. The second kappa shape index (κ2) is 8.60. The Balaban J connectivity index is 1.37. The van der Waals surface area contributed by atoms with Crippen LogP contribution in [0.5, 0.6) is 0 Å². The average molecular weight is 438 g/mol. The lowest BCUT2D eigenvalue weighted by molar-refractivity contribution is 0.0590. The number of carbonyl (C=O) groups excluding carboxylic acids is 1. The summed E-state index contributed by atoms with van der Waals surface area (Å²) in [6.07, 6.45) is 7.83. The molecular formula is C24H28ClN5O. The molecule has 6 nitrogen and oxygen atoms in total. The average Bonchev–Trinajstić information content (AvgIpc) is 3.15. The fraction of sp³-hybridized carbons (Fsp3) is 0.458. The zero-order valence-corrected chi connectivity index (χ0v) is 18.7. The van der Waals surface area contributed by atoms with Gasteiger partial charge in [-0.1, -0.05) is 18.0 Å². The number of benzene rings is 1. The van der Waals surface area contributed by atoms with Gasteiger partial charge in [0, 0.05) is 30.9 Å². The first-order chi connectivity index (χ1) is 15.1. The van der Waals surface area contributed by atoms with E-state index in [2.05, 4.69) is 14.9 Å². The van der Waals surface area contributed by atoms with E-state index in [1.54, 1.807) is 12.3 Å². The first-order valence-electron chi connectivity index (χ1n) is 11.2. The van der Waals surface area contributed by atoms with Crippen LogP contribution in [0.3, 0.4) is 0 Å². The van der Waals surface area contributed by atoms with Crippen molar-refractivity contribution in [1.29, 1.82) is 0 Å². The summed E-state index contributed by atoms with van der Waals surface area (Å²) < 4.78 is 1.93. The maximum atomic E-state index is 13.3. The van der Waals surface area contributed by atoms with Gasteiger partial charge in [0.15, 0.2) is 5.65 Å². The highest BCUT2D eigenvalue weighted by molar-refractivity contribution is 6.32. The summed E-state index contributed by atoms with van der Waals surface area (Å²) in [5.41, 5.74) is 2.96. The van der Waals surface area contributed by atoms with Gasteiger partial charge >= 0.3 is 0 Å². The van der Waals surface area contributed by atoms with Gasteiger partial charge < -0.3 is 9.80 Å². The molecule has 0 radical (unpaired) electrons. The summed E-state index contributed by atoms with van der Waals surface area (Å²) in [5.74, 6) is 0.868. The van der Waals surface area contributed by atoms with E-state index < -0.39 is 0 Å². The van der Waals surface area contributed by atoms with Crippen molar-refractivity contribution in [3.63, 3.8) is 0 Å². The number of fused-ring (bicyclic) bond motifs is 1. The molecule has 162 valence electrons. The van der Waals surface area contributed by atoms with E-state index in [0.29, 0.717) is 16.6 Å². The number of piperidine rings is 2. The summed E-state index contributed by atoms with van der Waals surface area (Å²) in [7, 11) is 0. The number of pyridine rings is 1. The molecule has 31 heavy (non-hydrogen) atoms. The lowest BCUT2D eigenvalue weighted by Crippen LogP contribution is -2.48. The van der Waals surface area contributed by atoms with E-state index in [4.69, 9.17) is 11.6 Å². The second-order valence-corrected chi connectivity index (χ2v) is 9.03. The summed E-state index contributed by atoms with van der Waals surface area (Å²) >= 11 is 6.55. The summed E-state index contributed by atoms with van der Waals surface area (Å²) in [5, 5.41) is 0.577. The molecule has 5 rings (SSSR count). The molecular weight excluding hydrogens is 410 g/mol. The van der Waals surface area contributed by atoms with Crippen molar-refractivity contribution in [2.75, 3.05) is 26.2 Å². The van der Waals surface area contributed by atoms with Gasteiger partial charge in [-0.15, -0.1) is 0 Å². The quantitative estimate of drug-likeness (QED) is 0.606. The van der Waals surface area contributed by atoms with Crippen LogP contribution in [0.15, 0.2) is 36.5 Å². The van der Waals surface area contributed by atoms with Crippen LogP contribution in [0.25, 0.3) is 16.9 Å². The Morgan fingerprint density at radius 1 is 1.06 bits per heavy atom. The molecule has 2 aliphatic rings. The predicted octanol–water partition coefficient (Wildman–Crippen LogP) is 4.47. The van der Waals surface area contributed by atoms with Gasteiger partial charge in [0.05, 0.1) is 10.7 Å². The highest BCUT2D eigenvalue weighted by Gasteiger charge is 2.28. The fourth-order valence-electron chi connectivity index (χ4n) is 5.03. The molecule has 4 heterocycles. The zero-order valence-electron chi connectivity index (χ0n) is 17.9. The molecule has 3 aromatic rings. The molecule has 2 aromatic heterocycles. The van der Waals surface area contributed by atoms with Crippen molar-refractivity contribution in [3.05, 3.63) is 52.9 Å². The summed E-state index contributed by atoms with van der Waals surface area (Å²) in [4.78, 5) is 27.0. The van der Waals surface area contributed by atoms with Crippen LogP contribution in [0.1, 0.15) is 48.3 Å². The van der Waals surface area contributed by atoms with Gasteiger partial charge in [-0.05, 0) is 76.0 Å². The number of carbonyl (C=O) groups is 1. The lowest BCUT2D eigenvalue weighted by Gasteiger charge is -2.40. The first-order valence-corrected chi connectivity index (χ1v) is 11.6. The molecule has 2 aliphatic heterocycles. The van der Waals surface area contributed by atoms with Gasteiger partial charge in [-0.2, -0.15) is 0 Å². The van der Waals surface area contributed by atoms with Gasteiger partial charge in [-0.25, -0.2) is 9.97 Å². The fourth-order valence-corrected chi connectivity index (χ4v) is 5.23. The van der Waals surface area contributed by atoms with Crippen LogP contribution < -0.4 is 0 Å². The molecule has 0 atom stereocenters. The van der Waals surface area contributed by atoms with Gasteiger partial charge in [0.1, 0.15) is 11.3 Å². The Labute approximate surface area is 187 Å². The number of aromatic nitrogens is 3. The standard InChI is InChI=1S/C24H28ClN5O/c1-17-27-21-6-5-11-26-23(21)30(17)22-16-18(7-8-20(22)25)24(31)29-14-9-19(10-15-29)28-12-3-2-4-13-28/h5-8,11,16,19H,2-4,9-10,12-15H2,1H3. The van der Waals surface area contributed by atoms with Crippen molar-refractivity contribution in [2.45, 2.75) is 45.1 Å². The summed E-state index contributed by atoms with van der Waals surface area (Å²) in [6, 6.07) is 9.93. The third kappa shape index (κ3) is 3.94. The second-order valence-electron chi connectivity index (χ2n) is 8.63. The minimum atomic E-state index is 0.0741. The lowest BCUT2D eigenvalue weighted by atomic mass is 9.99. The maximum absolute atomic E-state index is 13.3. The molecule has 2 saturated heterocycles. The molecule has 2 fully saturated rings. The molecule has 0 saturated carbocycles. The highest BCUT2D eigenvalue weighted by Crippen LogP contribution is 2.28. The van der Waals surface area contributed by atoms with Crippen molar-refractivity contribution in [1.82, 2.24) is 24.3 Å².